The Morgan fingerprint density at radius 2 is 2.14 bits per heavy atom. The number of hydrogen-bond acceptors (Lipinski definition) is 2. The van der Waals surface area contributed by atoms with E-state index in [4.69, 9.17) is 5.26 Å². The lowest BCUT2D eigenvalue weighted by molar-refractivity contribution is 0.190. The molecule has 0 aromatic heterocycles. The second-order valence-electron chi connectivity index (χ2n) is 4.91. The Hall–Kier alpha value is -0.0700. The Kier molecular flexibility index (Phi) is 4.40. The molecule has 1 saturated carbocycles. The van der Waals surface area contributed by atoms with Gasteiger partial charge >= 0.3 is 0 Å². The van der Waals surface area contributed by atoms with E-state index < -0.39 is 0 Å². The van der Waals surface area contributed by atoms with Gasteiger partial charge in [0.2, 0.25) is 0 Å². The van der Waals surface area contributed by atoms with Gasteiger partial charge in [-0.05, 0) is 18.3 Å². The highest BCUT2D eigenvalue weighted by atomic mass is 79.9. The third-order valence-corrected chi connectivity index (χ3v) is 4.08. The lowest BCUT2D eigenvalue weighted by Crippen LogP contribution is -2.37. The molecule has 0 amide bonds. The lowest BCUT2D eigenvalue weighted by atomic mass is 9.96. The summed E-state index contributed by atoms with van der Waals surface area (Å²) in [5.74, 6) is 0. The molecule has 0 spiro atoms. The summed E-state index contributed by atoms with van der Waals surface area (Å²) in [6.07, 6.45) is 3.31. The first-order chi connectivity index (χ1) is 6.59. The van der Waals surface area contributed by atoms with Crippen LogP contribution in [-0.2, 0) is 0 Å². The lowest BCUT2D eigenvalue weighted by Gasteiger charge is -2.31. The third kappa shape index (κ3) is 3.98. The molecule has 0 radical (unpaired) electrons. The van der Waals surface area contributed by atoms with Crippen molar-refractivity contribution in [3.63, 3.8) is 0 Å². The van der Waals surface area contributed by atoms with E-state index in [0.29, 0.717) is 11.8 Å². The Bertz CT molecular complexity index is 216. The summed E-state index contributed by atoms with van der Waals surface area (Å²) in [7, 11) is 0. The van der Waals surface area contributed by atoms with Crippen LogP contribution >= 0.6 is 15.9 Å². The Labute approximate surface area is 95.4 Å². The van der Waals surface area contributed by atoms with Gasteiger partial charge in [-0.3, -0.25) is 4.90 Å². The van der Waals surface area contributed by atoms with Crippen LogP contribution in [0.4, 0.5) is 0 Å². The Balaban J connectivity index is 2.39. The maximum absolute atomic E-state index is 8.59. The van der Waals surface area contributed by atoms with Crippen molar-refractivity contribution < 1.29 is 0 Å². The summed E-state index contributed by atoms with van der Waals surface area (Å²) in [5, 5.41) is 9.61. The van der Waals surface area contributed by atoms with Crippen molar-refractivity contribution in [1.82, 2.24) is 4.90 Å². The van der Waals surface area contributed by atoms with Gasteiger partial charge in [-0.25, -0.2) is 0 Å². The van der Waals surface area contributed by atoms with Gasteiger partial charge in [0, 0.05) is 30.9 Å². The molecular formula is C11H19BrN2. The van der Waals surface area contributed by atoms with Crippen LogP contribution in [0.5, 0.6) is 0 Å². The normalized spacial score (nSPS) is 17.1. The molecule has 14 heavy (non-hydrogen) atoms. The summed E-state index contributed by atoms with van der Waals surface area (Å²) >= 11 is 3.55. The average Bonchev–Trinajstić information content (AvgIpc) is 2.95. The number of nitriles is 1. The topological polar surface area (TPSA) is 27.0 Å². The van der Waals surface area contributed by atoms with E-state index in [2.05, 4.69) is 40.7 Å². The van der Waals surface area contributed by atoms with Crippen LogP contribution < -0.4 is 0 Å². The molecule has 0 aromatic carbocycles. The van der Waals surface area contributed by atoms with E-state index in [9.17, 15) is 0 Å². The molecule has 0 bridgehead atoms. The standard InChI is InChI=1S/C11H19BrN2/c1-11(2,8-12)9-14(7-3-6-13)10-4-5-10/h10H,3-5,7-9H2,1-2H3. The predicted molar refractivity (Wildman–Crippen MR) is 62.4 cm³/mol. The number of halogens is 1. The molecule has 0 heterocycles. The average molecular weight is 259 g/mol. The van der Waals surface area contributed by atoms with Gasteiger partial charge < -0.3 is 0 Å². The molecule has 1 rings (SSSR count). The van der Waals surface area contributed by atoms with Crippen molar-refractivity contribution in [3.05, 3.63) is 0 Å². The number of alkyl halides is 1. The number of rotatable bonds is 6. The second-order valence-corrected chi connectivity index (χ2v) is 5.47. The van der Waals surface area contributed by atoms with Crippen molar-refractivity contribution in [2.24, 2.45) is 5.41 Å². The zero-order valence-electron chi connectivity index (χ0n) is 9.09. The first-order valence-corrected chi connectivity index (χ1v) is 6.38. The van der Waals surface area contributed by atoms with Crippen LogP contribution in [-0.4, -0.2) is 29.4 Å². The van der Waals surface area contributed by atoms with Gasteiger partial charge in [0.05, 0.1) is 6.07 Å². The van der Waals surface area contributed by atoms with Gasteiger partial charge in [0.15, 0.2) is 0 Å². The largest absolute Gasteiger partial charge is 0.299 e. The summed E-state index contributed by atoms with van der Waals surface area (Å²) < 4.78 is 0. The second kappa shape index (κ2) is 5.14. The minimum absolute atomic E-state index is 0.318. The minimum Gasteiger partial charge on any atom is -0.299 e. The SMILES string of the molecule is CC(C)(CBr)CN(CCC#N)C1CC1. The summed E-state index contributed by atoms with van der Waals surface area (Å²) in [4.78, 5) is 2.48. The fraction of sp³-hybridized carbons (Fsp3) is 0.909. The molecule has 0 saturated heterocycles. The zero-order chi connectivity index (χ0) is 10.6. The smallest absolute Gasteiger partial charge is 0.0635 e. The van der Waals surface area contributed by atoms with E-state index in [1.807, 2.05) is 0 Å². The molecule has 0 atom stereocenters. The van der Waals surface area contributed by atoms with Crippen LogP contribution in [0.15, 0.2) is 0 Å². The van der Waals surface area contributed by atoms with E-state index in [-0.39, 0.29) is 0 Å². The number of nitrogens with zero attached hydrogens (tertiary/aromatic N) is 2. The van der Waals surface area contributed by atoms with Gasteiger partial charge in [-0.2, -0.15) is 5.26 Å². The minimum atomic E-state index is 0.318. The van der Waals surface area contributed by atoms with E-state index in [1.165, 1.54) is 12.8 Å². The Morgan fingerprint density at radius 3 is 2.57 bits per heavy atom. The monoisotopic (exact) mass is 258 g/mol. The van der Waals surface area contributed by atoms with E-state index in [1.54, 1.807) is 0 Å². The van der Waals surface area contributed by atoms with Gasteiger partial charge in [0.1, 0.15) is 0 Å². The summed E-state index contributed by atoms with van der Waals surface area (Å²) in [6.45, 7) is 6.58. The first kappa shape index (κ1) is 12.0. The maximum Gasteiger partial charge on any atom is 0.0635 e. The maximum atomic E-state index is 8.59. The van der Waals surface area contributed by atoms with Crippen molar-refractivity contribution in [3.8, 4) is 6.07 Å². The van der Waals surface area contributed by atoms with E-state index >= 15 is 0 Å². The van der Waals surface area contributed by atoms with Crippen molar-refractivity contribution in [2.45, 2.75) is 39.2 Å². The molecule has 3 heteroatoms. The fourth-order valence-corrected chi connectivity index (χ4v) is 1.79. The summed E-state index contributed by atoms with van der Waals surface area (Å²) in [5.41, 5.74) is 0.318. The van der Waals surface area contributed by atoms with Crippen LogP contribution in [0.25, 0.3) is 0 Å². The van der Waals surface area contributed by atoms with Gasteiger partial charge in [-0.15, -0.1) is 0 Å². The van der Waals surface area contributed by atoms with Crippen molar-refractivity contribution in [2.75, 3.05) is 18.4 Å². The fourth-order valence-electron chi connectivity index (χ4n) is 1.62. The van der Waals surface area contributed by atoms with Crippen LogP contribution in [0.1, 0.15) is 33.1 Å². The first-order valence-electron chi connectivity index (χ1n) is 5.26. The van der Waals surface area contributed by atoms with Crippen molar-refractivity contribution >= 4 is 15.9 Å². The zero-order valence-corrected chi connectivity index (χ0v) is 10.7. The molecular weight excluding hydrogens is 240 g/mol. The number of hydrogen-bond donors (Lipinski definition) is 0. The van der Waals surface area contributed by atoms with Gasteiger partial charge in [-0.1, -0.05) is 29.8 Å². The van der Waals surface area contributed by atoms with Crippen molar-refractivity contribution in [1.29, 1.82) is 5.26 Å². The van der Waals surface area contributed by atoms with E-state index in [0.717, 1.165) is 24.5 Å². The highest BCUT2D eigenvalue weighted by Gasteiger charge is 2.32. The molecule has 80 valence electrons. The molecule has 2 nitrogen and oxygen atoms in total. The van der Waals surface area contributed by atoms with Gasteiger partial charge in [0.25, 0.3) is 0 Å². The van der Waals surface area contributed by atoms with Crippen LogP contribution in [0.2, 0.25) is 0 Å². The molecule has 1 aliphatic rings. The highest BCUT2D eigenvalue weighted by Crippen LogP contribution is 2.30. The Morgan fingerprint density at radius 1 is 1.50 bits per heavy atom. The third-order valence-electron chi connectivity index (χ3n) is 2.57. The molecule has 0 aliphatic heterocycles. The summed E-state index contributed by atoms with van der Waals surface area (Å²) in [6, 6.07) is 3.00. The van der Waals surface area contributed by atoms with Crippen LogP contribution in [0.3, 0.4) is 0 Å². The molecule has 1 fully saturated rings. The van der Waals surface area contributed by atoms with Crippen LogP contribution in [0, 0.1) is 16.7 Å². The molecule has 1 aliphatic carbocycles. The molecule has 0 aromatic rings. The predicted octanol–water partition coefficient (Wildman–Crippen LogP) is 2.79. The highest BCUT2D eigenvalue weighted by molar-refractivity contribution is 9.09. The molecule has 0 N–H and O–H groups in total. The quantitative estimate of drug-likeness (QED) is 0.686. The molecule has 0 unspecified atom stereocenters.